The van der Waals surface area contributed by atoms with Crippen molar-refractivity contribution in [2.45, 2.75) is 38.8 Å². The van der Waals surface area contributed by atoms with Gasteiger partial charge in [-0.3, -0.25) is 9.59 Å². The molecule has 1 heterocycles. The molecule has 0 bridgehead atoms. The minimum Gasteiger partial charge on any atom is -0.468 e. The topological polar surface area (TPSA) is 84.9 Å². The molecule has 0 saturated heterocycles. The molecule has 1 rings (SSSR count). The van der Waals surface area contributed by atoms with Gasteiger partial charge in [-0.15, -0.1) is 0 Å². The number of amides is 2. The largest absolute Gasteiger partial charge is 0.468 e. The van der Waals surface area contributed by atoms with Gasteiger partial charge in [0.2, 0.25) is 5.91 Å². The Bertz CT molecular complexity index is 439. The summed E-state index contributed by atoms with van der Waals surface area (Å²) in [4.78, 5) is 36.7. The molecule has 118 valence electrons. The Morgan fingerprint density at radius 1 is 1.38 bits per heavy atom. The molecule has 1 N–H and O–H groups in total. The summed E-state index contributed by atoms with van der Waals surface area (Å²) in [6.45, 7) is 5.38. The van der Waals surface area contributed by atoms with E-state index in [0.29, 0.717) is 13.0 Å². The molecule has 21 heavy (non-hydrogen) atoms. The van der Waals surface area contributed by atoms with E-state index in [4.69, 9.17) is 4.74 Å². The molecule has 0 aliphatic carbocycles. The molecule has 7 nitrogen and oxygen atoms in total. The van der Waals surface area contributed by atoms with Crippen molar-refractivity contribution < 1.29 is 23.9 Å². The van der Waals surface area contributed by atoms with E-state index in [1.54, 1.807) is 32.9 Å². The van der Waals surface area contributed by atoms with E-state index < -0.39 is 23.7 Å². The average Bonchev–Trinajstić information content (AvgIpc) is 2.52. The first-order chi connectivity index (χ1) is 9.73. The highest BCUT2D eigenvalue weighted by Gasteiger charge is 2.29. The first kappa shape index (κ1) is 17.0. The lowest BCUT2D eigenvalue weighted by Crippen LogP contribution is -2.50. The first-order valence-electron chi connectivity index (χ1n) is 6.73. The predicted octanol–water partition coefficient (Wildman–Crippen LogP) is 0.841. The highest BCUT2D eigenvalue weighted by Crippen LogP contribution is 2.10. The van der Waals surface area contributed by atoms with Crippen molar-refractivity contribution in [3.05, 3.63) is 12.2 Å². The second-order valence-electron chi connectivity index (χ2n) is 5.70. The maximum atomic E-state index is 12.3. The molecule has 0 saturated carbocycles. The third kappa shape index (κ3) is 5.85. The number of alkyl carbamates (subject to hydrolysis) is 1. The molecule has 2 amide bonds. The van der Waals surface area contributed by atoms with Crippen LogP contribution in [0.5, 0.6) is 0 Å². The van der Waals surface area contributed by atoms with Crippen molar-refractivity contribution >= 4 is 18.0 Å². The molecule has 0 spiro atoms. The van der Waals surface area contributed by atoms with E-state index in [9.17, 15) is 14.4 Å². The molecular weight excluding hydrogens is 276 g/mol. The fourth-order valence-corrected chi connectivity index (χ4v) is 1.78. The van der Waals surface area contributed by atoms with Gasteiger partial charge < -0.3 is 19.7 Å². The SMILES string of the molecule is COC(=O)CN1CC=CC[C@@H](NC(=O)OC(C)(C)C)C1=O. The van der Waals surface area contributed by atoms with Gasteiger partial charge in [0.15, 0.2) is 0 Å². The lowest BCUT2D eigenvalue weighted by molar-refractivity contribution is -0.147. The van der Waals surface area contributed by atoms with Crippen LogP contribution in [0.1, 0.15) is 27.2 Å². The van der Waals surface area contributed by atoms with Crippen LogP contribution in [0.4, 0.5) is 4.79 Å². The molecule has 7 heteroatoms. The van der Waals surface area contributed by atoms with Crippen molar-refractivity contribution in [1.29, 1.82) is 0 Å². The maximum absolute atomic E-state index is 12.3. The molecule has 1 aliphatic heterocycles. The van der Waals surface area contributed by atoms with Crippen molar-refractivity contribution in [2.24, 2.45) is 0 Å². The number of carbonyl (C=O) groups is 3. The summed E-state index contributed by atoms with van der Waals surface area (Å²) in [5.74, 6) is -0.842. The van der Waals surface area contributed by atoms with Gasteiger partial charge in [-0.1, -0.05) is 12.2 Å². The zero-order valence-corrected chi connectivity index (χ0v) is 12.8. The zero-order chi connectivity index (χ0) is 16.0. The molecule has 0 unspecified atom stereocenters. The maximum Gasteiger partial charge on any atom is 0.408 e. The lowest BCUT2D eigenvalue weighted by atomic mass is 10.2. The van der Waals surface area contributed by atoms with Gasteiger partial charge in [-0.05, 0) is 27.2 Å². The van der Waals surface area contributed by atoms with Crippen LogP contribution in [-0.2, 0) is 19.1 Å². The third-order valence-electron chi connectivity index (χ3n) is 2.71. The number of ether oxygens (including phenoxy) is 2. The second kappa shape index (κ2) is 7.10. The fraction of sp³-hybridized carbons (Fsp3) is 0.643. The summed E-state index contributed by atoms with van der Waals surface area (Å²) in [5, 5.41) is 2.53. The van der Waals surface area contributed by atoms with Gasteiger partial charge in [-0.2, -0.15) is 0 Å². The summed E-state index contributed by atoms with van der Waals surface area (Å²) >= 11 is 0. The monoisotopic (exact) mass is 298 g/mol. The summed E-state index contributed by atoms with van der Waals surface area (Å²) < 4.78 is 9.69. The fourth-order valence-electron chi connectivity index (χ4n) is 1.78. The van der Waals surface area contributed by atoms with Crippen LogP contribution >= 0.6 is 0 Å². The van der Waals surface area contributed by atoms with E-state index in [1.807, 2.05) is 0 Å². The van der Waals surface area contributed by atoms with Crippen LogP contribution in [-0.4, -0.2) is 54.7 Å². The van der Waals surface area contributed by atoms with Crippen LogP contribution in [0, 0.1) is 0 Å². The minimum atomic E-state index is -0.747. The number of carbonyl (C=O) groups excluding carboxylic acids is 3. The molecule has 0 aromatic heterocycles. The number of esters is 1. The molecular formula is C14H22N2O5. The first-order valence-corrected chi connectivity index (χ1v) is 6.73. The Balaban J connectivity index is 2.68. The van der Waals surface area contributed by atoms with E-state index in [2.05, 4.69) is 10.1 Å². The number of hydrogen-bond acceptors (Lipinski definition) is 5. The van der Waals surface area contributed by atoms with Gasteiger partial charge in [-0.25, -0.2) is 4.79 Å². The smallest absolute Gasteiger partial charge is 0.408 e. The molecule has 1 aliphatic rings. The standard InChI is InChI=1S/C14H22N2O5/c1-14(2,3)21-13(19)15-10-7-5-6-8-16(12(10)18)9-11(17)20-4/h5-6,10H,7-9H2,1-4H3,(H,15,19)/t10-/m1/s1. The Labute approximate surface area is 124 Å². The number of methoxy groups -OCH3 is 1. The van der Waals surface area contributed by atoms with Crippen LogP contribution in [0.2, 0.25) is 0 Å². The summed E-state index contributed by atoms with van der Waals surface area (Å²) in [6, 6.07) is -0.747. The average molecular weight is 298 g/mol. The summed E-state index contributed by atoms with van der Waals surface area (Å²) in [6.07, 6.45) is 3.26. The Kier molecular flexibility index (Phi) is 5.75. The summed E-state index contributed by atoms with van der Waals surface area (Å²) in [5.41, 5.74) is -0.639. The quantitative estimate of drug-likeness (QED) is 0.616. The Morgan fingerprint density at radius 3 is 2.62 bits per heavy atom. The predicted molar refractivity (Wildman–Crippen MR) is 75.5 cm³/mol. The number of hydrogen-bond donors (Lipinski definition) is 1. The van der Waals surface area contributed by atoms with E-state index in [1.165, 1.54) is 12.0 Å². The molecule has 0 radical (unpaired) electrons. The normalized spacial score (nSPS) is 19.0. The molecule has 0 fully saturated rings. The number of nitrogens with one attached hydrogen (secondary N) is 1. The highest BCUT2D eigenvalue weighted by molar-refractivity contribution is 5.89. The van der Waals surface area contributed by atoms with Gasteiger partial charge in [0.1, 0.15) is 18.2 Å². The molecule has 0 aromatic rings. The highest BCUT2D eigenvalue weighted by atomic mass is 16.6. The molecule has 1 atom stereocenters. The number of rotatable bonds is 3. The van der Waals surface area contributed by atoms with Gasteiger partial charge in [0.25, 0.3) is 0 Å². The summed E-state index contributed by atoms with van der Waals surface area (Å²) in [7, 11) is 1.26. The van der Waals surface area contributed by atoms with Gasteiger partial charge >= 0.3 is 12.1 Å². The van der Waals surface area contributed by atoms with Crippen LogP contribution < -0.4 is 5.32 Å². The van der Waals surface area contributed by atoms with E-state index in [-0.39, 0.29) is 12.5 Å². The van der Waals surface area contributed by atoms with Crippen molar-refractivity contribution in [2.75, 3.05) is 20.2 Å². The van der Waals surface area contributed by atoms with Gasteiger partial charge in [0.05, 0.1) is 7.11 Å². The zero-order valence-electron chi connectivity index (χ0n) is 12.8. The second-order valence-corrected chi connectivity index (χ2v) is 5.70. The number of nitrogens with zero attached hydrogens (tertiary/aromatic N) is 1. The van der Waals surface area contributed by atoms with E-state index >= 15 is 0 Å². The van der Waals surface area contributed by atoms with Gasteiger partial charge in [0, 0.05) is 6.54 Å². The van der Waals surface area contributed by atoms with E-state index in [0.717, 1.165) is 0 Å². The van der Waals surface area contributed by atoms with Crippen LogP contribution in [0.25, 0.3) is 0 Å². The molecule has 0 aromatic carbocycles. The third-order valence-corrected chi connectivity index (χ3v) is 2.71. The van der Waals surface area contributed by atoms with Crippen LogP contribution in [0.15, 0.2) is 12.2 Å². The van der Waals surface area contributed by atoms with Crippen molar-refractivity contribution in [3.63, 3.8) is 0 Å². The minimum absolute atomic E-state index is 0.147. The lowest BCUT2D eigenvalue weighted by Gasteiger charge is -2.25. The van der Waals surface area contributed by atoms with Crippen molar-refractivity contribution in [1.82, 2.24) is 10.2 Å². The Hall–Kier alpha value is -2.05. The Morgan fingerprint density at radius 2 is 2.05 bits per heavy atom. The van der Waals surface area contributed by atoms with Crippen molar-refractivity contribution in [3.8, 4) is 0 Å². The van der Waals surface area contributed by atoms with Crippen LogP contribution in [0.3, 0.4) is 0 Å².